The number of hydrogen-bond acceptors (Lipinski definition) is 3. The van der Waals surface area contributed by atoms with Crippen molar-refractivity contribution >= 4 is 5.78 Å². The summed E-state index contributed by atoms with van der Waals surface area (Å²) in [6.07, 6.45) is -1.56. The molecule has 2 N–H and O–H groups in total. The van der Waals surface area contributed by atoms with E-state index in [1.165, 1.54) is 6.07 Å². The Hall–Kier alpha value is -1.97. The molecule has 0 amide bonds. The first-order valence-corrected chi connectivity index (χ1v) is 5.24. The number of aliphatic hydroxyl groups is 2. The Bertz CT molecular complexity index is 518. The van der Waals surface area contributed by atoms with Gasteiger partial charge in [0.15, 0.2) is 12.1 Å². The lowest BCUT2D eigenvalue weighted by Crippen LogP contribution is -2.03. The van der Waals surface area contributed by atoms with Crippen LogP contribution in [-0.2, 0) is 0 Å². The molecule has 0 aromatic heterocycles. The molecule has 0 aliphatic carbocycles. The Kier molecular flexibility index (Phi) is 3.32. The summed E-state index contributed by atoms with van der Waals surface area (Å²) in [5.74, 6) is -0.131. The molecule has 86 valence electrons. The number of rotatable bonds is 3. The highest BCUT2D eigenvalue weighted by Gasteiger charge is 2.10. The van der Waals surface area contributed by atoms with Crippen molar-refractivity contribution in [2.45, 2.75) is 6.29 Å². The Morgan fingerprint density at radius 2 is 1.53 bits per heavy atom. The summed E-state index contributed by atoms with van der Waals surface area (Å²) in [5.41, 5.74) is 1.34. The lowest BCUT2D eigenvalue weighted by Gasteiger charge is -2.06. The molecule has 0 heterocycles. The maximum atomic E-state index is 12.1. The van der Waals surface area contributed by atoms with Gasteiger partial charge in [-0.05, 0) is 6.07 Å². The molecule has 0 fully saturated rings. The van der Waals surface area contributed by atoms with Gasteiger partial charge < -0.3 is 10.2 Å². The topological polar surface area (TPSA) is 57.5 Å². The van der Waals surface area contributed by atoms with Crippen LogP contribution in [0.1, 0.15) is 27.8 Å². The van der Waals surface area contributed by atoms with Crippen LogP contribution in [0, 0.1) is 0 Å². The van der Waals surface area contributed by atoms with Gasteiger partial charge in [0.2, 0.25) is 0 Å². The van der Waals surface area contributed by atoms with Crippen LogP contribution in [0.4, 0.5) is 0 Å². The Morgan fingerprint density at radius 3 is 2.18 bits per heavy atom. The second kappa shape index (κ2) is 4.91. The summed E-state index contributed by atoms with van der Waals surface area (Å²) in [6.45, 7) is 0. The molecule has 0 bridgehead atoms. The Labute approximate surface area is 99.0 Å². The Balaban J connectivity index is 2.35. The van der Waals surface area contributed by atoms with Crippen LogP contribution in [0.25, 0.3) is 0 Å². The van der Waals surface area contributed by atoms with E-state index in [1.54, 1.807) is 42.5 Å². The number of aliphatic hydroxyl groups excluding tert-OH is 1. The Morgan fingerprint density at radius 1 is 0.882 bits per heavy atom. The number of benzene rings is 2. The average molecular weight is 228 g/mol. The van der Waals surface area contributed by atoms with Crippen molar-refractivity contribution in [3.63, 3.8) is 0 Å². The van der Waals surface area contributed by atoms with Crippen LogP contribution in [0.3, 0.4) is 0 Å². The molecule has 17 heavy (non-hydrogen) atoms. The summed E-state index contributed by atoms with van der Waals surface area (Å²) in [6, 6.07) is 15.2. The van der Waals surface area contributed by atoms with Crippen molar-refractivity contribution in [3.8, 4) is 0 Å². The van der Waals surface area contributed by atoms with Gasteiger partial charge in [-0.15, -0.1) is 0 Å². The highest BCUT2D eigenvalue weighted by atomic mass is 16.5. The SMILES string of the molecule is O=C(c1ccccc1)c1cccc(C(O)O)c1. The molecule has 2 aromatic rings. The fourth-order valence-corrected chi connectivity index (χ4v) is 1.60. The van der Waals surface area contributed by atoms with Gasteiger partial charge in [-0.1, -0.05) is 48.5 Å². The highest BCUT2D eigenvalue weighted by molar-refractivity contribution is 6.09. The third-order valence-electron chi connectivity index (χ3n) is 2.48. The molecular formula is C14H12O3. The molecule has 0 saturated heterocycles. The molecule has 0 unspecified atom stereocenters. The molecular weight excluding hydrogens is 216 g/mol. The van der Waals surface area contributed by atoms with E-state index in [2.05, 4.69) is 0 Å². The molecule has 2 aromatic carbocycles. The van der Waals surface area contributed by atoms with E-state index in [0.717, 1.165) is 0 Å². The molecule has 0 aliphatic rings. The van der Waals surface area contributed by atoms with Crippen LogP contribution in [0.2, 0.25) is 0 Å². The van der Waals surface area contributed by atoms with Crippen molar-refractivity contribution in [1.82, 2.24) is 0 Å². The first kappa shape index (κ1) is 11.5. The van der Waals surface area contributed by atoms with Crippen LogP contribution >= 0.6 is 0 Å². The molecule has 0 spiro atoms. The summed E-state index contributed by atoms with van der Waals surface area (Å²) in [7, 11) is 0. The number of carbonyl (C=O) groups excluding carboxylic acids is 1. The van der Waals surface area contributed by atoms with E-state index in [9.17, 15) is 4.79 Å². The van der Waals surface area contributed by atoms with Crippen molar-refractivity contribution in [1.29, 1.82) is 0 Å². The molecule has 0 radical (unpaired) electrons. The first-order valence-electron chi connectivity index (χ1n) is 5.24. The van der Waals surface area contributed by atoms with Gasteiger partial charge in [0.1, 0.15) is 0 Å². The summed E-state index contributed by atoms with van der Waals surface area (Å²) in [5, 5.41) is 18.1. The zero-order valence-electron chi connectivity index (χ0n) is 9.08. The minimum Gasteiger partial charge on any atom is -0.364 e. The van der Waals surface area contributed by atoms with Crippen LogP contribution < -0.4 is 0 Å². The van der Waals surface area contributed by atoms with E-state index in [4.69, 9.17) is 10.2 Å². The van der Waals surface area contributed by atoms with Gasteiger partial charge in [-0.25, -0.2) is 0 Å². The van der Waals surface area contributed by atoms with Crippen LogP contribution in [-0.4, -0.2) is 16.0 Å². The molecule has 0 aliphatic heterocycles. The van der Waals surface area contributed by atoms with E-state index in [0.29, 0.717) is 16.7 Å². The summed E-state index contributed by atoms with van der Waals surface area (Å²) in [4.78, 5) is 12.1. The smallest absolute Gasteiger partial charge is 0.193 e. The molecule has 2 rings (SSSR count). The zero-order chi connectivity index (χ0) is 12.3. The van der Waals surface area contributed by atoms with Crippen molar-refractivity contribution in [2.75, 3.05) is 0 Å². The summed E-state index contributed by atoms with van der Waals surface area (Å²) < 4.78 is 0. The van der Waals surface area contributed by atoms with E-state index in [-0.39, 0.29) is 5.78 Å². The fraction of sp³-hybridized carbons (Fsp3) is 0.0714. The molecule has 0 saturated carbocycles. The largest absolute Gasteiger partial charge is 0.364 e. The second-order valence-electron chi connectivity index (χ2n) is 3.69. The monoisotopic (exact) mass is 228 g/mol. The van der Waals surface area contributed by atoms with Gasteiger partial charge >= 0.3 is 0 Å². The molecule has 3 heteroatoms. The van der Waals surface area contributed by atoms with Crippen molar-refractivity contribution < 1.29 is 15.0 Å². The fourth-order valence-electron chi connectivity index (χ4n) is 1.60. The molecule has 0 atom stereocenters. The average Bonchev–Trinajstić information content (AvgIpc) is 2.39. The number of ketones is 1. The van der Waals surface area contributed by atoms with Gasteiger partial charge in [-0.2, -0.15) is 0 Å². The van der Waals surface area contributed by atoms with Gasteiger partial charge in [0.05, 0.1) is 0 Å². The lowest BCUT2D eigenvalue weighted by molar-refractivity contribution is -0.0424. The number of carbonyl (C=O) groups is 1. The third-order valence-corrected chi connectivity index (χ3v) is 2.48. The zero-order valence-corrected chi connectivity index (χ0v) is 9.08. The van der Waals surface area contributed by atoms with Gasteiger partial charge in [0, 0.05) is 16.7 Å². The molecule has 3 nitrogen and oxygen atoms in total. The third kappa shape index (κ3) is 2.58. The van der Waals surface area contributed by atoms with Gasteiger partial charge in [0.25, 0.3) is 0 Å². The van der Waals surface area contributed by atoms with E-state index >= 15 is 0 Å². The maximum Gasteiger partial charge on any atom is 0.193 e. The van der Waals surface area contributed by atoms with Crippen molar-refractivity contribution in [3.05, 3.63) is 71.3 Å². The van der Waals surface area contributed by atoms with Crippen LogP contribution in [0.15, 0.2) is 54.6 Å². The van der Waals surface area contributed by atoms with E-state index < -0.39 is 6.29 Å². The second-order valence-corrected chi connectivity index (χ2v) is 3.69. The standard InChI is InChI=1S/C14H12O3/c15-13(10-5-2-1-3-6-10)11-7-4-8-12(9-11)14(16)17/h1-9,14,16-17H. The van der Waals surface area contributed by atoms with Gasteiger partial charge in [-0.3, -0.25) is 4.79 Å². The summed E-state index contributed by atoms with van der Waals surface area (Å²) >= 11 is 0. The highest BCUT2D eigenvalue weighted by Crippen LogP contribution is 2.15. The first-order chi connectivity index (χ1) is 8.18. The number of hydrogen-bond donors (Lipinski definition) is 2. The predicted octanol–water partition coefficient (Wildman–Crippen LogP) is 1.90. The van der Waals surface area contributed by atoms with E-state index in [1.807, 2.05) is 6.07 Å². The minimum absolute atomic E-state index is 0.131. The quantitative estimate of drug-likeness (QED) is 0.623. The normalized spacial score (nSPS) is 10.5. The van der Waals surface area contributed by atoms with Crippen LogP contribution in [0.5, 0.6) is 0 Å². The maximum absolute atomic E-state index is 12.1. The lowest BCUT2D eigenvalue weighted by atomic mass is 10.0. The predicted molar refractivity (Wildman–Crippen MR) is 63.5 cm³/mol. The van der Waals surface area contributed by atoms with Crippen molar-refractivity contribution in [2.24, 2.45) is 0 Å². The minimum atomic E-state index is -1.56.